The standard InChI is InChI=1S/C54H95NO5/c1-4-7-10-13-16-19-21-23-24-25-26-27-28-30-32-35-38-41-44-47-54(59)60-50(45-42-39-36-33-18-15-12-9-6-3)48-53(58)55-51(49-56)52(57)46-43-40-37-34-31-29-22-20-17-14-11-8-5-2/h7,10,15-16,18-19,23-24,26-27,30,32,50-52,56-57H,4-6,8-9,11-14,17,20-22,25,28-29,31,33-49H2,1-3H3,(H,55,58)/b10-7-,18-15-,19-16-,24-23-,27-26-,32-30-. The number of nitrogens with one attached hydrogen (secondary N) is 1. The van der Waals surface area contributed by atoms with Crippen LogP contribution in [-0.4, -0.2) is 46.9 Å². The first-order valence-corrected chi connectivity index (χ1v) is 25.2. The van der Waals surface area contributed by atoms with E-state index in [1.807, 2.05) is 0 Å². The van der Waals surface area contributed by atoms with Gasteiger partial charge in [0.15, 0.2) is 0 Å². The summed E-state index contributed by atoms with van der Waals surface area (Å²) in [6.07, 6.45) is 59.7. The van der Waals surface area contributed by atoms with Crippen LogP contribution in [0.5, 0.6) is 0 Å². The average Bonchev–Trinajstić information content (AvgIpc) is 3.24. The van der Waals surface area contributed by atoms with Crippen LogP contribution >= 0.6 is 0 Å². The van der Waals surface area contributed by atoms with Gasteiger partial charge in [0.05, 0.1) is 25.2 Å². The average molecular weight is 838 g/mol. The van der Waals surface area contributed by atoms with Gasteiger partial charge in [-0.15, -0.1) is 0 Å². The monoisotopic (exact) mass is 838 g/mol. The van der Waals surface area contributed by atoms with Crippen LogP contribution in [-0.2, 0) is 14.3 Å². The molecule has 0 bridgehead atoms. The summed E-state index contributed by atoms with van der Waals surface area (Å²) in [5.41, 5.74) is 0. The number of carbonyl (C=O) groups excluding carboxylic acids is 2. The Hall–Kier alpha value is -2.70. The summed E-state index contributed by atoms with van der Waals surface area (Å²) in [4.78, 5) is 26.0. The molecule has 0 fully saturated rings. The summed E-state index contributed by atoms with van der Waals surface area (Å²) in [7, 11) is 0. The largest absolute Gasteiger partial charge is 0.462 e. The van der Waals surface area contributed by atoms with E-state index in [0.717, 1.165) is 109 Å². The van der Waals surface area contributed by atoms with Crippen molar-refractivity contribution in [2.24, 2.45) is 0 Å². The summed E-state index contributed by atoms with van der Waals surface area (Å²) >= 11 is 0. The van der Waals surface area contributed by atoms with E-state index >= 15 is 0 Å². The Morgan fingerprint density at radius 1 is 0.500 bits per heavy atom. The van der Waals surface area contributed by atoms with Gasteiger partial charge >= 0.3 is 5.97 Å². The second kappa shape index (κ2) is 47.4. The SMILES string of the molecule is CC/C=C\C/C=C\C/C=C\C/C=C\C/C=C\CCCCCC(=O)OC(CCCCC/C=C\CCCC)CC(=O)NC(CO)C(O)CCCCCCCCCCCCCCC. The van der Waals surface area contributed by atoms with Crippen molar-refractivity contribution in [1.29, 1.82) is 0 Å². The van der Waals surface area contributed by atoms with Crippen molar-refractivity contribution in [2.45, 2.75) is 251 Å². The molecule has 3 atom stereocenters. The lowest BCUT2D eigenvalue weighted by Crippen LogP contribution is -2.46. The lowest BCUT2D eigenvalue weighted by molar-refractivity contribution is -0.151. The van der Waals surface area contributed by atoms with Gasteiger partial charge in [-0.25, -0.2) is 0 Å². The number of rotatable bonds is 44. The van der Waals surface area contributed by atoms with Gasteiger partial charge in [-0.05, 0) is 89.9 Å². The van der Waals surface area contributed by atoms with Crippen LogP contribution in [0.2, 0.25) is 0 Å². The van der Waals surface area contributed by atoms with Crippen LogP contribution in [0, 0.1) is 0 Å². The summed E-state index contributed by atoms with van der Waals surface area (Å²) in [5.74, 6) is -0.533. The van der Waals surface area contributed by atoms with Crippen molar-refractivity contribution >= 4 is 11.9 Å². The maximum Gasteiger partial charge on any atom is 0.306 e. The number of allylic oxidation sites excluding steroid dienone is 12. The first kappa shape index (κ1) is 57.3. The number of aliphatic hydroxyl groups excluding tert-OH is 2. The van der Waals surface area contributed by atoms with Gasteiger partial charge in [-0.1, -0.05) is 203 Å². The highest BCUT2D eigenvalue weighted by atomic mass is 16.5. The Morgan fingerprint density at radius 2 is 0.917 bits per heavy atom. The zero-order valence-corrected chi connectivity index (χ0v) is 39.3. The fourth-order valence-corrected chi connectivity index (χ4v) is 7.20. The lowest BCUT2D eigenvalue weighted by atomic mass is 10.0. The summed E-state index contributed by atoms with van der Waals surface area (Å²) in [5, 5.41) is 23.7. The molecule has 0 aliphatic heterocycles. The minimum Gasteiger partial charge on any atom is -0.462 e. The maximum absolute atomic E-state index is 13.1. The highest BCUT2D eigenvalue weighted by molar-refractivity contribution is 5.77. The number of ether oxygens (including phenoxy) is 1. The molecule has 1 amide bonds. The van der Waals surface area contributed by atoms with E-state index in [1.54, 1.807) is 0 Å². The Labute approximate surface area is 371 Å². The van der Waals surface area contributed by atoms with Crippen LogP contribution in [0.1, 0.15) is 233 Å². The minimum absolute atomic E-state index is 0.0503. The normalized spacial score (nSPS) is 13.9. The van der Waals surface area contributed by atoms with E-state index in [0.29, 0.717) is 19.3 Å². The number of amides is 1. The maximum atomic E-state index is 13.1. The van der Waals surface area contributed by atoms with Crippen molar-refractivity contribution in [3.8, 4) is 0 Å². The van der Waals surface area contributed by atoms with E-state index in [2.05, 4.69) is 99.0 Å². The fraction of sp³-hybridized carbons (Fsp3) is 0.741. The number of hydrogen-bond acceptors (Lipinski definition) is 5. The Morgan fingerprint density at radius 3 is 1.43 bits per heavy atom. The third-order valence-electron chi connectivity index (χ3n) is 11.0. The predicted octanol–water partition coefficient (Wildman–Crippen LogP) is 15.0. The molecule has 0 saturated carbocycles. The molecule has 0 aliphatic carbocycles. The molecule has 346 valence electrons. The predicted molar refractivity (Wildman–Crippen MR) is 259 cm³/mol. The number of esters is 1. The lowest BCUT2D eigenvalue weighted by Gasteiger charge is -2.24. The molecule has 0 spiro atoms. The molecule has 0 aromatic rings. The molecule has 0 aromatic carbocycles. The van der Waals surface area contributed by atoms with Gasteiger partial charge in [-0.2, -0.15) is 0 Å². The molecule has 0 heterocycles. The zero-order valence-electron chi connectivity index (χ0n) is 39.3. The van der Waals surface area contributed by atoms with Gasteiger partial charge in [0.2, 0.25) is 5.91 Å². The molecule has 3 N–H and O–H groups in total. The molecule has 0 aromatic heterocycles. The fourth-order valence-electron chi connectivity index (χ4n) is 7.20. The van der Waals surface area contributed by atoms with E-state index in [-0.39, 0.29) is 24.9 Å². The van der Waals surface area contributed by atoms with Gasteiger partial charge < -0.3 is 20.3 Å². The van der Waals surface area contributed by atoms with E-state index < -0.39 is 18.2 Å². The highest BCUT2D eigenvalue weighted by Gasteiger charge is 2.24. The van der Waals surface area contributed by atoms with Crippen LogP contribution in [0.3, 0.4) is 0 Å². The first-order valence-electron chi connectivity index (χ1n) is 25.2. The molecule has 0 radical (unpaired) electrons. The Kier molecular flexibility index (Phi) is 45.2. The van der Waals surface area contributed by atoms with Crippen LogP contribution in [0.4, 0.5) is 0 Å². The molecule has 0 rings (SSSR count). The number of hydrogen-bond donors (Lipinski definition) is 3. The number of unbranched alkanes of at least 4 members (excludes halogenated alkanes) is 20. The second-order valence-electron chi connectivity index (χ2n) is 16.8. The van der Waals surface area contributed by atoms with E-state index in [1.165, 1.54) is 77.0 Å². The molecule has 0 aliphatic rings. The minimum atomic E-state index is -0.798. The first-order chi connectivity index (χ1) is 29.5. The Balaban J connectivity index is 4.54. The van der Waals surface area contributed by atoms with Gasteiger partial charge in [0.1, 0.15) is 6.10 Å². The molecular formula is C54H95NO5. The quantitative estimate of drug-likeness (QED) is 0.0323. The second-order valence-corrected chi connectivity index (χ2v) is 16.8. The van der Waals surface area contributed by atoms with Crippen molar-refractivity contribution in [3.63, 3.8) is 0 Å². The van der Waals surface area contributed by atoms with Crippen molar-refractivity contribution in [2.75, 3.05) is 6.61 Å². The molecule has 60 heavy (non-hydrogen) atoms. The van der Waals surface area contributed by atoms with Crippen LogP contribution in [0.15, 0.2) is 72.9 Å². The van der Waals surface area contributed by atoms with Crippen molar-refractivity contribution in [3.05, 3.63) is 72.9 Å². The van der Waals surface area contributed by atoms with E-state index in [9.17, 15) is 19.8 Å². The molecule has 6 nitrogen and oxygen atoms in total. The third-order valence-corrected chi connectivity index (χ3v) is 11.0. The summed E-state index contributed by atoms with van der Waals surface area (Å²) < 4.78 is 5.89. The number of carbonyl (C=O) groups is 2. The smallest absolute Gasteiger partial charge is 0.306 e. The van der Waals surface area contributed by atoms with E-state index in [4.69, 9.17) is 4.74 Å². The molecule has 3 unspecified atom stereocenters. The summed E-state index contributed by atoms with van der Waals surface area (Å²) in [6.45, 7) is 6.30. The topological polar surface area (TPSA) is 95.9 Å². The molecule has 6 heteroatoms. The molecular weight excluding hydrogens is 743 g/mol. The van der Waals surface area contributed by atoms with Gasteiger partial charge in [-0.3, -0.25) is 9.59 Å². The van der Waals surface area contributed by atoms with Gasteiger partial charge in [0.25, 0.3) is 0 Å². The van der Waals surface area contributed by atoms with Crippen LogP contribution in [0.25, 0.3) is 0 Å². The van der Waals surface area contributed by atoms with Crippen LogP contribution < -0.4 is 5.32 Å². The number of aliphatic hydroxyl groups is 2. The van der Waals surface area contributed by atoms with Crippen molar-refractivity contribution in [1.82, 2.24) is 5.32 Å². The van der Waals surface area contributed by atoms with Gasteiger partial charge in [0, 0.05) is 6.42 Å². The Bertz CT molecular complexity index is 1120. The third kappa shape index (κ3) is 42.0. The zero-order chi connectivity index (χ0) is 43.8. The summed E-state index contributed by atoms with van der Waals surface area (Å²) in [6, 6.07) is -0.714. The molecule has 0 saturated heterocycles. The highest BCUT2D eigenvalue weighted by Crippen LogP contribution is 2.17. The van der Waals surface area contributed by atoms with Crippen molar-refractivity contribution < 1.29 is 24.5 Å².